The molecule has 0 amide bonds. The Kier molecular flexibility index (Phi) is 3.96. The van der Waals surface area contributed by atoms with Gasteiger partial charge in [-0.2, -0.15) is 0 Å². The molecule has 0 radical (unpaired) electrons. The van der Waals surface area contributed by atoms with Crippen molar-refractivity contribution in [2.75, 3.05) is 0 Å². The van der Waals surface area contributed by atoms with Crippen LogP contribution in [0.25, 0.3) is 52.8 Å². The summed E-state index contributed by atoms with van der Waals surface area (Å²) >= 11 is 3.72. The van der Waals surface area contributed by atoms with Crippen LogP contribution in [0.2, 0.25) is 0 Å². The van der Waals surface area contributed by atoms with Crippen LogP contribution in [0.3, 0.4) is 0 Å². The van der Waals surface area contributed by atoms with E-state index in [1.807, 2.05) is 22.7 Å². The predicted octanol–water partition coefficient (Wildman–Crippen LogP) is 9.43. The summed E-state index contributed by atoms with van der Waals surface area (Å²) < 4.78 is 0. The first kappa shape index (κ1) is 18.4. The van der Waals surface area contributed by atoms with Crippen molar-refractivity contribution in [2.24, 2.45) is 0 Å². The molecule has 0 spiro atoms. The molecule has 5 aromatic carbocycles. The maximum atomic E-state index is 2.36. The van der Waals surface area contributed by atoms with Crippen LogP contribution >= 0.6 is 22.7 Å². The molecule has 0 fully saturated rings. The average molecular weight is 445 g/mol. The zero-order valence-electron chi connectivity index (χ0n) is 17.7. The molecule has 152 valence electrons. The molecule has 32 heavy (non-hydrogen) atoms. The molecule has 0 aliphatic rings. The Balaban J connectivity index is 1.48. The van der Waals surface area contributed by atoms with Crippen LogP contribution in [0.5, 0.6) is 0 Å². The minimum Gasteiger partial charge on any atom is -0.143 e. The lowest BCUT2D eigenvalue weighted by Gasteiger charge is -2.16. The van der Waals surface area contributed by atoms with Crippen molar-refractivity contribution in [3.05, 3.63) is 106 Å². The van der Waals surface area contributed by atoms with Crippen LogP contribution in [0, 0.1) is 6.92 Å². The van der Waals surface area contributed by atoms with Crippen LogP contribution in [0.4, 0.5) is 0 Å². The molecule has 7 rings (SSSR count). The number of benzene rings is 5. The van der Waals surface area contributed by atoms with Crippen molar-refractivity contribution < 1.29 is 0 Å². The maximum Gasteiger partial charge on any atom is 0.0480 e. The molecule has 2 heterocycles. The Labute approximate surface area is 194 Å². The zero-order chi connectivity index (χ0) is 21.2. The SMILES string of the molecule is Cc1ccsc1-c1sccc1Cc1ccc2ccc3cc4ccccc4c4ccc1c2c34. The summed E-state index contributed by atoms with van der Waals surface area (Å²) in [6.07, 6.45) is 0.963. The third-order valence-corrected chi connectivity index (χ3v) is 8.93. The number of hydrogen-bond acceptors (Lipinski definition) is 2. The van der Waals surface area contributed by atoms with Gasteiger partial charge in [0.2, 0.25) is 0 Å². The van der Waals surface area contributed by atoms with Gasteiger partial charge in [-0.25, -0.2) is 0 Å². The number of rotatable bonds is 3. The molecule has 0 saturated carbocycles. The van der Waals surface area contributed by atoms with Crippen LogP contribution in [-0.4, -0.2) is 0 Å². The topological polar surface area (TPSA) is 0 Å². The first-order chi connectivity index (χ1) is 15.8. The van der Waals surface area contributed by atoms with Crippen LogP contribution in [0.15, 0.2) is 89.6 Å². The van der Waals surface area contributed by atoms with Crippen LogP contribution in [0.1, 0.15) is 16.7 Å². The standard InChI is InChI=1S/C30H20S2/c1-18-12-14-31-29(18)30-23(13-15-32-30)17-21-8-6-19-7-9-22-16-20-4-2-3-5-24(20)26-11-10-25(21)27(19)28(22)26/h2-16H,17H2,1H3. The molecule has 0 bridgehead atoms. The maximum absolute atomic E-state index is 2.36. The largest absolute Gasteiger partial charge is 0.143 e. The van der Waals surface area contributed by atoms with Crippen molar-refractivity contribution in [3.8, 4) is 9.75 Å². The lowest BCUT2D eigenvalue weighted by atomic mass is 9.88. The molecule has 0 aliphatic heterocycles. The van der Waals surface area contributed by atoms with Crippen molar-refractivity contribution in [2.45, 2.75) is 13.3 Å². The molecule has 0 saturated heterocycles. The lowest BCUT2D eigenvalue weighted by Crippen LogP contribution is -1.93. The molecule has 2 heteroatoms. The monoisotopic (exact) mass is 444 g/mol. The molecule has 2 aromatic heterocycles. The van der Waals surface area contributed by atoms with E-state index in [9.17, 15) is 0 Å². The molecule has 0 atom stereocenters. The second kappa shape index (κ2) is 6.90. The number of hydrogen-bond donors (Lipinski definition) is 0. The summed E-state index contributed by atoms with van der Waals surface area (Å²) in [5.41, 5.74) is 4.22. The minimum atomic E-state index is 0.963. The van der Waals surface area contributed by atoms with E-state index in [1.165, 1.54) is 69.5 Å². The Hall–Kier alpha value is -3.20. The summed E-state index contributed by atoms with van der Waals surface area (Å²) in [5.74, 6) is 0. The number of thiophene rings is 2. The van der Waals surface area contributed by atoms with Gasteiger partial charge in [-0.05, 0) is 102 Å². The van der Waals surface area contributed by atoms with Crippen LogP contribution < -0.4 is 0 Å². The summed E-state index contributed by atoms with van der Waals surface area (Å²) in [6, 6.07) is 29.6. The van der Waals surface area contributed by atoms with Crippen molar-refractivity contribution >= 4 is 65.8 Å². The smallest absolute Gasteiger partial charge is 0.0480 e. The molecule has 0 unspecified atom stereocenters. The first-order valence-electron chi connectivity index (χ1n) is 11.0. The van der Waals surface area contributed by atoms with E-state index in [-0.39, 0.29) is 0 Å². The second-order valence-corrected chi connectivity index (χ2v) is 10.5. The molecule has 0 N–H and O–H groups in total. The third-order valence-electron chi connectivity index (χ3n) is 6.79. The van der Waals surface area contributed by atoms with E-state index in [0.29, 0.717) is 0 Å². The summed E-state index contributed by atoms with van der Waals surface area (Å²) in [4.78, 5) is 2.84. The molecular weight excluding hydrogens is 424 g/mol. The lowest BCUT2D eigenvalue weighted by molar-refractivity contribution is 1.24. The highest BCUT2D eigenvalue weighted by molar-refractivity contribution is 7.20. The highest BCUT2D eigenvalue weighted by Gasteiger charge is 2.16. The quantitative estimate of drug-likeness (QED) is 0.188. The van der Waals surface area contributed by atoms with Gasteiger partial charge in [0.25, 0.3) is 0 Å². The van der Waals surface area contributed by atoms with Gasteiger partial charge in [-0.15, -0.1) is 22.7 Å². The van der Waals surface area contributed by atoms with Gasteiger partial charge in [-0.3, -0.25) is 0 Å². The third kappa shape index (κ3) is 2.60. The van der Waals surface area contributed by atoms with Gasteiger partial charge in [0.1, 0.15) is 0 Å². The molecule has 0 aliphatic carbocycles. The van der Waals surface area contributed by atoms with Gasteiger partial charge < -0.3 is 0 Å². The van der Waals surface area contributed by atoms with E-state index >= 15 is 0 Å². The summed E-state index contributed by atoms with van der Waals surface area (Å²) in [6.45, 7) is 2.22. The fourth-order valence-corrected chi connectivity index (χ4v) is 7.37. The van der Waals surface area contributed by atoms with Crippen molar-refractivity contribution in [1.82, 2.24) is 0 Å². The van der Waals surface area contributed by atoms with E-state index < -0.39 is 0 Å². The van der Waals surface area contributed by atoms with Gasteiger partial charge in [0.05, 0.1) is 0 Å². The van der Waals surface area contributed by atoms with Gasteiger partial charge >= 0.3 is 0 Å². The zero-order valence-corrected chi connectivity index (χ0v) is 19.3. The fraction of sp³-hybridized carbons (Fsp3) is 0.0667. The second-order valence-electron chi connectivity index (χ2n) is 8.63. The Morgan fingerprint density at radius 1 is 0.562 bits per heavy atom. The fourth-order valence-electron chi connectivity index (χ4n) is 5.25. The van der Waals surface area contributed by atoms with E-state index in [0.717, 1.165) is 6.42 Å². The van der Waals surface area contributed by atoms with E-state index in [4.69, 9.17) is 0 Å². The molecule has 7 aromatic rings. The minimum absolute atomic E-state index is 0.963. The molecular formula is C30H20S2. The molecule has 0 nitrogen and oxygen atoms in total. The Morgan fingerprint density at radius 3 is 2.22 bits per heavy atom. The predicted molar refractivity (Wildman–Crippen MR) is 143 cm³/mol. The first-order valence-corrected chi connectivity index (χ1v) is 12.7. The summed E-state index contributed by atoms with van der Waals surface area (Å²) in [5, 5.41) is 15.3. The van der Waals surface area contributed by atoms with Crippen molar-refractivity contribution in [1.29, 1.82) is 0 Å². The van der Waals surface area contributed by atoms with Gasteiger partial charge in [-0.1, -0.05) is 60.7 Å². The van der Waals surface area contributed by atoms with E-state index in [1.54, 1.807) is 0 Å². The highest BCUT2D eigenvalue weighted by Crippen LogP contribution is 2.41. The van der Waals surface area contributed by atoms with Crippen molar-refractivity contribution in [3.63, 3.8) is 0 Å². The Bertz CT molecular complexity index is 1760. The van der Waals surface area contributed by atoms with Crippen LogP contribution in [-0.2, 0) is 6.42 Å². The highest BCUT2D eigenvalue weighted by atomic mass is 32.1. The van der Waals surface area contributed by atoms with Gasteiger partial charge in [0, 0.05) is 9.75 Å². The van der Waals surface area contributed by atoms with Gasteiger partial charge in [0.15, 0.2) is 0 Å². The normalized spacial score (nSPS) is 12.0. The van der Waals surface area contributed by atoms with E-state index in [2.05, 4.69) is 96.5 Å². The Morgan fingerprint density at radius 2 is 1.31 bits per heavy atom. The average Bonchev–Trinajstić information content (AvgIpc) is 3.46. The number of fused-ring (bicyclic) bond motifs is 2. The number of aryl methyl sites for hydroxylation is 1. The summed E-state index contributed by atoms with van der Waals surface area (Å²) in [7, 11) is 0.